The lowest BCUT2D eigenvalue weighted by Crippen LogP contribution is -1.96. The predicted octanol–water partition coefficient (Wildman–Crippen LogP) is 3.39. The molecule has 2 heterocycles. The minimum absolute atomic E-state index is 0.264. The van der Waals surface area contributed by atoms with Crippen LogP contribution in [0.25, 0.3) is 16.9 Å². The quantitative estimate of drug-likeness (QED) is 0.741. The molecule has 0 amide bonds. The van der Waals surface area contributed by atoms with E-state index in [9.17, 15) is 5.26 Å². The Morgan fingerprint density at radius 3 is 2.70 bits per heavy atom. The second-order valence-electron chi connectivity index (χ2n) is 5.24. The number of nitriles is 1. The van der Waals surface area contributed by atoms with Crippen molar-refractivity contribution in [2.24, 2.45) is 0 Å². The molecule has 0 atom stereocenters. The Kier molecular flexibility index (Phi) is 3.90. The van der Waals surface area contributed by atoms with E-state index in [0.29, 0.717) is 5.75 Å². The minimum atomic E-state index is 0.264. The zero-order valence-corrected chi connectivity index (χ0v) is 13.3. The van der Waals surface area contributed by atoms with Crippen molar-refractivity contribution >= 4 is 5.65 Å². The molecule has 0 aliphatic rings. The Labute approximate surface area is 134 Å². The summed E-state index contributed by atoms with van der Waals surface area (Å²) in [6.07, 6.45) is 2.26. The maximum absolute atomic E-state index is 9.22. The lowest BCUT2D eigenvalue weighted by Gasteiger charge is -2.10. The van der Waals surface area contributed by atoms with Crippen LogP contribution in [-0.2, 0) is 6.42 Å². The molecule has 3 rings (SSSR count). The maximum atomic E-state index is 9.22. The highest BCUT2D eigenvalue weighted by Gasteiger charge is 2.18. The SMILES string of the molecule is COc1ccc(OC)c(-c2nc3ccc(C)cn3c2CC#N)c1. The molecular weight excluding hydrogens is 290 g/mol. The fourth-order valence-electron chi connectivity index (χ4n) is 2.66. The third-order valence-electron chi connectivity index (χ3n) is 3.77. The predicted molar refractivity (Wildman–Crippen MR) is 87.8 cm³/mol. The topological polar surface area (TPSA) is 59.6 Å². The third kappa shape index (κ3) is 2.59. The molecule has 0 aliphatic carbocycles. The Morgan fingerprint density at radius 1 is 1.17 bits per heavy atom. The van der Waals surface area contributed by atoms with Crippen LogP contribution < -0.4 is 9.47 Å². The highest BCUT2D eigenvalue weighted by molar-refractivity contribution is 5.74. The van der Waals surface area contributed by atoms with E-state index in [0.717, 1.165) is 33.9 Å². The van der Waals surface area contributed by atoms with Gasteiger partial charge in [0, 0.05) is 11.8 Å². The van der Waals surface area contributed by atoms with E-state index in [1.165, 1.54) is 0 Å². The molecule has 116 valence electrons. The van der Waals surface area contributed by atoms with E-state index < -0.39 is 0 Å². The summed E-state index contributed by atoms with van der Waals surface area (Å²) >= 11 is 0. The molecule has 23 heavy (non-hydrogen) atoms. The van der Waals surface area contributed by atoms with Crippen molar-refractivity contribution in [1.82, 2.24) is 9.38 Å². The van der Waals surface area contributed by atoms with E-state index in [2.05, 4.69) is 6.07 Å². The molecule has 5 nitrogen and oxygen atoms in total. The molecule has 0 aliphatic heterocycles. The monoisotopic (exact) mass is 307 g/mol. The second-order valence-corrected chi connectivity index (χ2v) is 5.24. The first-order valence-electron chi connectivity index (χ1n) is 7.25. The summed E-state index contributed by atoms with van der Waals surface area (Å²) in [7, 11) is 3.24. The number of fused-ring (bicyclic) bond motifs is 1. The van der Waals surface area contributed by atoms with Gasteiger partial charge in [-0.15, -0.1) is 0 Å². The Balaban J connectivity index is 2.31. The Bertz CT molecular complexity index is 907. The normalized spacial score (nSPS) is 10.5. The fourth-order valence-corrected chi connectivity index (χ4v) is 2.66. The smallest absolute Gasteiger partial charge is 0.137 e. The molecule has 0 fully saturated rings. The van der Waals surface area contributed by atoms with Crippen LogP contribution in [0.15, 0.2) is 36.5 Å². The fraction of sp³-hybridized carbons (Fsp3) is 0.222. The van der Waals surface area contributed by atoms with E-state index in [-0.39, 0.29) is 6.42 Å². The summed E-state index contributed by atoms with van der Waals surface area (Å²) in [6, 6.07) is 11.8. The number of pyridine rings is 1. The number of rotatable bonds is 4. The van der Waals surface area contributed by atoms with Crippen molar-refractivity contribution in [1.29, 1.82) is 5.26 Å². The van der Waals surface area contributed by atoms with Crippen LogP contribution in [-0.4, -0.2) is 23.6 Å². The van der Waals surface area contributed by atoms with Gasteiger partial charge in [-0.3, -0.25) is 0 Å². The molecule has 2 aromatic heterocycles. The van der Waals surface area contributed by atoms with Gasteiger partial charge in [0.2, 0.25) is 0 Å². The summed E-state index contributed by atoms with van der Waals surface area (Å²) < 4.78 is 12.7. The van der Waals surface area contributed by atoms with E-state index in [1.54, 1.807) is 14.2 Å². The molecule has 0 N–H and O–H groups in total. The zero-order valence-electron chi connectivity index (χ0n) is 13.3. The molecule has 0 bridgehead atoms. The van der Waals surface area contributed by atoms with Crippen molar-refractivity contribution < 1.29 is 9.47 Å². The first kappa shape index (κ1) is 14.9. The molecule has 3 aromatic rings. The van der Waals surface area contributed by atoms with Gasteiger partial charge in [0.05, 0.1) is 38.1 Å². The lowest BCUT2D eigenvalue weighted by molar-refractivity contribution is 0.404. The van der Waals surface area contributed by atoms with E-state index in [1.807, 2.05) is 47.9 Å². The van der Waals surface area contributed by atoms with Gasteiger partial charge in [0.15, 0.2) is 0 Å². The van der Waals surface area contributed by atoms with Gasteiger partial charge in [-0.2, -0.15) is 5.26 Å². The average Bonchev–Trinajstić information content (AvgIpc) is 2.92. The molecule has 0 spiro atoms. The van der Waals surface area contributed by atoms with Crippen LogP contribution in [0.1, 0.15) is 11.3 Å². The van der Waals surface area contributed by atoms with Crippen molar-refractivity contribution in [3.8, 4) is 28.8 Å². The number of imidazole rings is 1. The van der Waals surface area contributed by atoms with Crippen LogP contribution in [0, 0.1) is 18.3 Å². The molecule has 1 aromatic carbocycles. The molecule has 0 saturated heterocycles. The van der Waals surface area contributed by atoms with Crippen molar-refractivity contribution in [2.45, 2.75) is 13.3 Å². The molecule has 0 radical (unpaired) electrons. The zero-order chi connectivity index (χ0) is 16.4. The van der Waals surface area contributed by atoms with Gasteiger partial charge in [-0.1, -0.05) is 6.07 Å². The number of aromatic nitrogens is 2. The average molecular weight is 307 g/mol. The lowest BCUT2D eigenvalue weighted by atomic mass is 10.1. The Morgan fingerprint density at radius 2 is 2.00 bits per heavy atom. The summed E-state index contributed by atoms with van der Waals surface area (Å²) in [5.41, 5.74) is 4.32. The molecule has 0 saturated carbocycles. The number of benzene rings is 1. The van der Waals surface area contributed by atoms with Crippen LogP contribution in [0.2, 0.25) is 0 Å². The van der Waals surface area contributed by atoms with E-state index in [4.69, 9.17) is 14.5 Å². The molecule has 5 heteroatoms. The van der Waals surface area contributed by atoms with E-state index >= 15 is 0 Å². The number of hydrogen-bond donors (Lipinski definition) is 0. The van der Waals surface area contributed by atoms with Gasteiger partial charge in [-0.25, -0.2) is 4.98 Å². The van der Waals surface area contributed by atoms with Gasteiger partial charge in [0.1, 0.15) is 17.1 Å². The minimum Gasteiger partial charge on any atom is -0.497 e. The molecule has 0 unspecified atom stereocenters. The summed E-state index contributed by atoms with van der Waals surface area (Å²) in [5.74, 6) is 1.42. The summed E-state index contributed by atoms with van der Waals surface area (Å²) in [4.78, 5) is 4.70. The summed E-state index contributed by atoms with van der Waals surface area (Å²) in [5, 5.41) is 9.22. The highest BCUT2D eigenvalue weighted by Crippen LogP contribution is 2.35. The third-order valence-corrected chi connectivity index (χ3v) is 3.77. The number of aryl methyl sites for hydroxylation is 1. The van der Waals surface area contributed by atoms with Crippen LogP contribution in [0.3, 0.4) is 0 Å². The van der Waals surface area contributed by atoms with Crippen LogP contribution >= 0.6 is 0 Å². The first-order valence-corrected chi connectivity index (χ1v) is 7.25. The van der Waals surface area contributed by atoms with Crippen molar-refractivity contribution in [3.05, 3.63) is 47.8 Å². The number of hydrogen-bond acceptors (Lipinski definition) is 4. The van der Waals surface area contributed by atoms with Crippen molar-refractivity contribution in [3.63, 3.8) is 0 Å². The van der Waals surface area contributed by atoms with Crippen LogP contribution in [0.5, 0.6) is 11.5 Å². The number of methoxy groups -OCH3 is 2. The van der Waals surface area contributed by atoms with Crippen molar-refractivity contribution in [2.75, 3.05) is 14.2 Å². The number of nitrogens with zero attached hydrogens (tertiary/aromatic N) is 3. The Hall–Kier alpha value is -3.00. The van der Waals surface area contributed by atoms with Gasteiger partial charge < -0.3 is 13.9 Å². The highest BCUT2D eigenvalue weighted by atomic mass is 16.5. The van der Waals surface area contributed by atoms with Crippen LogP contribution in [0.4, 0.5) is 0 Å². The van der Waals surface area contributed by atoms with Gasteiger partial charge >= 0.3 is 0 Å². The largest absolute Gasteiger partial charge is 0.497 e. The van der Waals surface area contributed by atoms with Gasteiger partial charge in [0.25, 0.3) is 0 Å². The first-order chi connectivity index (χ1) is 11.2. The van der Waals surface area contributed by atoms with Gasteiger partial charge in [-0.05, 0) is 36.8 Å². The number of ether oxygens (including phenoxy) is 2. The standard InChI is InChI=1S/C18H17N3O2/c1-12-4-7-17-20-18(15(8-9-19)21(17)11-12)14-10-13(22-2)5-6-16(14)23-3/h4-7,10-11H,8H2,1-3H3. The summed E-state index contributed by atoms with van der Waals surface area (Å²) in [6.45, 7) is 2.02. The molecular formula is C18H17N3O2. The second kappa shape index (κ2) is 6.01. The maximum Gasteiger partial charge on any atom is 0.137 e.